The molecule has 8 heteroatoms. The van der Waals surface area contributed by atoms with E-state index in [0.717, 1.165) is 19.0 Å². The highest BCUT2D eigenvalue weighted by atomic mass is 32.2. The fourth-order valence-corrected chi connectivity index (χ4v) is 3.46. The normalized spacial score (nSPS) is 16.1. The van der Waals surface area contributed by atoms with Crippen LogP contribution in [0.2, 0.25) is 0 Å². The van der Waals surface area contributed by atoms with Crippen molar-refractivity contribution in [1.29, 1.82) is 0 Å². The molecule has 1 amide bonds. The van der Waals surface area contributed by atoms with Crippen molar-refractivity contribution >= 4 is 15.9 Å². The molecule has 0 aliphatic heterocycles. The highest BCUT2D eigenvalue weighted by molar-refractivity contribution is 7.89. The molecule has 122 valence electrons. The van der Waals surface area contributed by atoms with Crippen LogP contribution in [0.3, 0.4) is 0 Å². The highest BCUT2D eigenvalue weighted by Crippen LogP contribution is 2.29. The van der Waals surface area contributed by atoms with E-state index in [0.29, 0.717) is 0 Å². The zero-order chi connectivity index (χ0) is 16.7. The van der Waals surface area contributed by atoms with Gasteiger partial charge in [-0.2, -0.15) is 5.10 Å². The van der Waals surface area contributed by atoms with Gasteiger partial charge < -0.3 is 5.32 Å². The van der Waals surface area contributed by atoms with Gasteiger partial charge in [0.1, 0.15) is 11.4 Å². The lowest BCUT2D eigenvalue weighted by atomic mass is 9.98. The molecule has 23 heavy (non-hydrogen) atoms. The number of nitrogens with zero attached hydrogens (tertiary/aromatic N) is 2. The van der Waals surface area contributed by atoms with E-state index in [9.17, 15) is 13.2 Å². The SMILES string of the molecule is CC1(NC(=O)Cn2cc(S(N)(=O)=O)cn2)Cc2ccccc2C1. The third-order valence-corrected chi connectivity index (χ3v) is 4.83. The second kappa shape index (κ2) is 5.47. The monoisotopic (exact) mass is 334 g/mol. The molecule has 0 atom stereocenters. The Balaban J connectivity index is 1.65. The van der Waals surface area contributed by atoms with Crippen molar-refractivity contribution in [1.82, 2.24) is 15.1 Å². The van der Waals surface area contributed by atoms with Gasteiger partial charge in [0.2, 0.25) is 15.9 Å². The molecule has 3 N–H and O–H groups in total. The van der Waals surface area contributed by atoms with Crippen molar-refractivity contribution in [3.05, 3.63) is 47.8 Å². The molecule has 0 spiro atoms. The molecule has 1 heterocycles. The molecule has 1 aromatic carbocycles. The number of carbonyl (C=O) groups is 1. The van der Waals surface area contributed by atoms with Gasteiger partial charge in [-0.3, -0.25) is 9.48 Å². The predicted molar refractivity (Wildman–Crippen MR) is 84.0 cm³/mol. The summed E-state index contributed by atoms with van der Waals surface area (Å²) in [7, 11) is -3.80. The number of nitrogens with two attached hydrogens (primary N) is 1. The van der Waals surface area contributed by atoms with E-state index in [1.807, 2.05) is 19.1 Å². The molecule has 3 rings (SSSR count). The van der Waals surface area contributed by atoms with Crippen LogP contribution in [-0.2, 0) is 34.2 Å². The molecule has 0 radical (unpaired) electrons. The van der Waals surface area contributed by atoms with Crippen LogP contribution < -0.4 is 10.5 Å². The Bertz CT molecular complexity index is 832. The summed E-state index contributed by atoms with van der Waals surface area (Å²) < 4.78 is 23.7. The number of benzene rings is 1. The zero-order valence-electron chi connectivity index (χ0n) is 12.7. The second-order valence-corrected chi connectivity index (χ2v) is 7.71. The van der Waals surface area contributed by atoms with Gasteiger partial charge >= 0.3 is 0 Å². The van der Waals surface area contributed by atoms with Crippen LogP contribution in [0.1, 0.15) is 18.1 Å². The van der Waals surface area contributed by atoms with Crippen LogP contribution in [0.5, 0.6) is 0 Å². The minimum Gasteiger partial charge on any atom is -0.349 e. The van der Waals surface area contributed by atoms with E-state index in [2.05, 4.69) is 22.5 Å². The Morgan fingerprint density at radius 1 is 1.35 bits per heavy atom. The van der Waals surface area contributed by atoms with Crippen LogP contribution in [0.4, 0.5) is 0 Å². The van der Waals surface area contributed by atoms with Crippen molar-refractivity contribution in [2.75, 3.05) is 0 Å². The smallest absolute Gasteiger partial charge is 0.242 e. The number of amides is 1. The lowest BCUT2D eigenvalue weighted by molar-refractivity contribution is -0.123. The molecule has 1 aromatic heterocycles. The summed E-state index contributed by atoms with van der Waals surface area (Å²) >= 11 is 0. The quantitative estimate of drug-likeness (QED) is 0.833. The molecular formula is C15H18N4O3S. The van der Waals surface area contributed by atoms with Crippen LogP contribution in [0.25, 0.3) is 0 Å². The van der Waals surface area contributed by atoms with Crippen molar-refractivity contribution in [3.63, 3.8) is 0 Å². The molecule has 0 saturated carbocycles. The second-order valence-electron chi connectivity index (χ2n) is 6.15. The van der Waals surface area contributed by atoms with Gasteiger partial charge in [-0.25, -0.2) is 13.6 Å². The topological polar surface area (TPSA) is 107 Å². The lowest BCUT2D eigenvalue weighted by Gasteiger charge is -2.25. The number of hydrogen-bond acceptors (Lipinski definition) is 4. The molecular weight excluding hydrogens is 316 g/mol. The maximum Gasteiger partial charge on any atom is 0.242 e. The third kappa shape index (κ3) is 3.43. The summed E-state index contributed by atoms with van der Waals surface area (Å²) in [5.41, 5.74) is 2.15. The standard InChI is InChI=1S/C15H18N4O3S/c1-15(6-11-4-2-3-5-12(11)7-15)18-14(20)10-19-9-13(8-17-19)23(16,21)22/h2-5,8-9H,6-7,10H2,1H3,(H,18,20)(H2,16,21,22). The van der Waals surface area contributed by atoms with E-state index >= 15 is 0 Å². The van der Waals surface area contributed by atoms with Crippen molar-refractivity contribution in [2.24, 2.45) is 5.14 Å². The predicted octanol–water partition coefficient (Wildman–Crippen LogP) is 0.204. The Labute approximate surface area is 134 Å². The van der Waals surface area contributed by atoms with E-state index in [4.69, 9.17) is 5.14 Å². The number of primary sulfonamides is 1. The van der Waals surface area contributed by atoms with E-state index in [1.165, 1.54) is 22.0 Å². The minimum absolute atomic E-state index is 0.0541. The highest BCUT2D eigenvalue weighted by Gasteiger charge is 2.33. The molecule has 2 aromatic rings. The Morgan fingerprint density at radius 2 is 1.96 bits per heavy atom. The van der Waals surface area contributed by atoms with Gasteiger partial charge in [0.25, 0.3) is 0 Å². The summed E-state index contributed by atoms with van der Waals surface area (Å²) in [6.07, 6.45) is 3.93. The van der Waals surface area contributed by atoms with Gasteiger partial charge in [-0.1, -0.05) is 24.3 Å². The van der Waals surface area contributed by atoms with Crippen molar-refractivity contribution in [2.45, 2.75) is 36.7 Å². The first-order valence-corrected chi connectivity index (χ1v) is 8.73. The molecule has 0 bridgehead atoms. The molecule has 0 unspecified atom stereocenters. The average molecular weight is 334 g/mol. The van der Waals surface area contributed by atoms with Crippen molar-refractivity contribution in [3.8, 4) is 0 Å². The van der Waals surface area contributed by atoms with E-state index < -0.39 is 10.0 Å². The van der Waals surface area contributed by atoms with Crippen molar-refractivity contribution < 1.29 is 13.2 Å². The van der Waals surface area contributed by atoms with Gasteiger partial charge in [0, 0.05) is 11.7 Å². The van der Waals surface area contributed by atoms with E-state index in [1.54, 1.807) is 0 Å². The Hall–Kier alpha value is -2.19. The molecule has 1 aliphatic rings. The maximum atomic E-state index is 12.2. The van der Waals surface area contributed by atoms with Gasteiger partial charge in [0.15, 0.2) is 0 Å². The van der Waals surface area contributed by atoms with Gasteiger partial charge in [0.05, 0.1) is 6.20 Å². The first-order chi connectivity index (χ1) is 10.8. The summed E-state index contributed by atoms with van der Waals surface area (Å²) in [5.74, 6) is -0.218. The van der Waals surface area contributed by atoms with Crippen LogP contribution in [-0.4, -0.2) is 29.6 Å². The van der Waals surface area contributed by atoms with Gasteiger partial charge in [-0.05, 0) is 30.9 Å². The first-order valence-electron chi connectivity index (χ1n) is 7.18. The van der Waals surface area contributed by atoms with Crippen LogP contribution in [0.15, 0.2) is 41.6 Å². The molecule has 0 saturated heterocycles. The summed E-state index contributed by atoms with van der Waals surface area (Å²) in [5, 5.41) is 11.9. The molecule has 0 fully saturated rings. The summed E-state index contributed by atoms with van der Waals surface area (Å²) in [6, 6.07) is 8.12. The minimum atomic E-state index is -3.80. The molecule has 1 aliphatic carbocycles. The van der Waals surface area contributed by atoms with Crippen LogP contribution in [0, 0.1) is 0 Å². The summed E-state index contributed by atoms with van der Waals surface area (Å²) in [6.45, 7) is 1.95. The number of rotatable bonds is 4. The number of carbonyl (C=O) groups excluding carboxylic acids is 1. The molecule has 7 nitrogen and oxygen atoms in total. The fraction of sp³-hybridized carbons (Fsp3) is 0.333. The van der Waals surface area contributed by atoms with E-state index in [-0.39, 0.29) is 22.9 Å². The summed E-state index contributed by atoms with van der Waals surface area (Å²) in [4.78, 5) is 12.1. The Kier molecular flexibility index (Phi) is 3.73. The average Bonchev–Trinajstić information content (AvgIpc) is 3.00. The number of nitrogens with one attached hydrogen (secondary N) is 1. The zero-order valence-corrected chi connectivity index (χ0v) is 13.5. The largest absolute Gasteiger partial charge is 0.349 e. The van der Waals surface area contributed by atoms with Crippen LogP contribution >= 0.6 is 0 Å². The number of sulfonamides is 1. The number of aromatic nitrogens is 2. The fourth-order valence-electron chi connectivity index (χ4n) is 3.00. The first kappa shape index (κ1) is 15.7. The lowest BCUT2D eigenvalue weighted by Crippen LogP contribution is -2.48. The third-order valence-electron chi connectivity index (χ3n) is 3.96. The maximum absolute atomic E-state index is 12.2. The van der Waals surface area contributed by atoms with Gasteiger partial charge in [-0.15, -0.1) is 0 Å². The Morgan fingerprint density at radius 3 is 2.48 bits per heavy atom. The number of fused-ring (bicyclic) bond motifs is 1. The number of hydrogen-bond donors (Lipinski definition) is 2.